The minimum atomic E-state index is -0.0223. The van der Waals surface area contributed by atoms with E-state index in [0.717, 1.165) is 36.8 Å². The molecule has 2 aromatic carbocycles. The van der Waals surface area contributed by atoms with Crippen molar-refractivity contribution in [2.45, 2.75) is 38.8 Å². The van der Waals surface area contributed by atoms with Gasteiger partial charge in [0.15, 0.2) is 0 Å². The number of benzene rings is 2. The zero-order valence-electron chi connectivity index (χ0n) is 16.2. The van der Waals surface area contributed by atoms with Gasteiger partial charge in [0, 0.05) is 37.0 Å². The van der Waals surface area contributed by atoms with E-state index >= 15 is 0 Å². The molecule has 28 heavy (non-hydrogen) atoms. The Labute approximate surface area is 171 Å². The Kier molecular flexibility index (Phi) is 7.10. The first-order valence-corrected chi connectivity index (χ1v) is 10.2. The molecule has 0 spiro atoms. The van der Waals surface area contributed by atoms with Crippen LogP contribution >= 0.6 is 11.6 Å². The van der Waals surface area contributed by atoms with E-state index in [0.29, 0.717) is 18.1 Å². The van der Waals surface area contributed by atoms with E-state index in [9.17, 15) is 9.59 Å². The maximum absolute atomic E-state index is 12.7. The number of nitrogens with one attached hydrogen (secondary N) is 1. The standard InChI is InChI=1S/C23H27ClN2O2/c1-26(16-17-7-3-2-4-8-17)23(28)19-13-11-18(12-14-19)22(27)25-15-20-9-5-6-10-21(20)24/h2-10,18-19H,11-16H2,1H3,(H,25,27). The summed E-state index contributed by atoms with van der Waals surface area (Å²) < 4.78 is 0. The van der Waals surface area contributed by atoms with Gasteiger partial charge in [-0.3, -0.25) is 9.59 Å². The predicted molar refractivity (Wildman–Crippen MR) is 112 cm³/mol. The lowest BCUT2D eigenvalue weighted by Gasteiger charge is -2.30. The van der Waals surface area contributed by atoms with Gasteiger partial charge in [-0.15, -0.1) is 0 Å². The average Bonchev–Trinajstić information content (AvgIpc) is 2.73. The van der Waals surface area contributed by atoms with Crippen molar-refractivity contribution in [3.63, 3.8) is 0 Å². The molecular formula is C23H27ClN2O2. The number of halogens is 1. The number of rotatable bonds is 6. The summed E-state index contributed by atoms with van der Waals surface area (Å²) in [7, 11) is 1.86. The lowest BCUT2D eigenvalue weighted by Crippen LogP contribution is -2.38. The summed E-state index contributed by atoms with van der Waals surface area (Å²) in [5, 5.41) is 3.66. The summed E-state index contributed by atoms with van der Waals surface area (Å²) in [4.78, 5) is 27.0. The van der Waals surface area contributed by atoms with Gasteiger partial charge in [0.25, 0.3) is 0 Å². The summed E-state index contributed by atoms with van der Waals surface area (Å²) in [5.41, 5.74) is 2.05. The molecule has 1 aliphatic rings. The van der Waals surface area contributed by atoms with Crippen LogP contribution in [0.15, 0.2) is 54.6 Å². The SMILES string of the molecule is CN(Cc1ccccc1)C(=O)C1CCC(C(=O)NCc2ccccc2Cl)CC1. The number of hydrogen-bond acceptors (Lipinski definition) is 2. The second-order valence-electron chi connectivity index (χ2n) is 7.54. The van der Waals surface area contributed by atoms with Crippen molar-refractivity contribution >= 4 is 23.4 Å². The molecule has 0 bridgehead atoms. The molecule has 0 aliphatic heterocycles. The first-order chi connectivity index (χ1) is 13.5. The molecule has 2 amide bonds. The lowest BCUT2D eigenvalue weighted by molar-refractivity contribution is -0.137. The zero-order valence-corrected chi connectivity index (χ0v) is 17.0. The van der Waals surface area contributed by atoms with E-state index in [4.69, 9.17) is 11.6 Å². The number of amides is 2. The van der Waals surface area contributed by atoms with Gasteiger partial charge in [-0.2, -0.15) is 0 Å². The number of hydrogen-bond donors (Lipinski definition) is 1. The fraction of sp³-hybridized carbons (Fsp3) is 0.391. The summed E-state index contributed by atoms with van der Waals surface area (Å²) in [6.45, 7) is 1.06. The molecule has 0 atom stereocenters. The van der Waals surface area contributed by atoms with Crippen molar-refractivity contribution in [3.05, 3.63) is 70.7 Å². The Morgan fingerprint density at radius 1 is 0.964 bits per heavy atom. The van der Waals surface area contributed by atoms with E-state index < -0.39 is 0 Å². The summed E-state index contributed by atoms with van der Waals surface area (Å²) in [5.74, 6) is 0.231. The maximum Gasteiger partial charge on any atom is 0.225 e. The van der Waals surface area contributed by atoms with Crippen LogP contribution in [0.3, 0.4) is 0 Å². The Morgan fingerprint density at radius 3 is 2.25 bits per heavy atom. The van der Waals surface area contributed by atoms with Crippen molar-refractivity contribution in [2.75, 3.05) is 7.05 Å². The predicted octanol–water partition coefficient (Wildman–Crippen LogP) is 4.42. The zero-order chi connectivity index (χ0) is 19.9. The highest BCUT2D eigenvalue weighted by atomic mass is 35.5. The van der Waals surface area contributed by atoms with Crippen LogP contribution in [0.1, 0.15) is 36.8 Å². The second kappa shape index (κ2) is 9.74. The van der Waals surface area contributed by atoms with Crippen LogP contribution in [0.5, 0.6) is 0 Å². The molecule has 0 heterocycles. The molecule has 0 radical (unpaired) electrons. The quantitative estimate of drug-likeness (QED) is 0.782. The Hall–Kier alpha value is -2.33. The van der Waals surface area contributed by atoms with Crippen LogP contribution in [-0.2, 0) is 22.7 Å². The monoisotopic (exact) mass is 398 g/mol. The third-order valence-electron chi connectivity index (χ3n) is 5.50. The van der Waals surface area contributed by atoms with E-state index in [2.05, 4.69) is 5.32 Å². The first kappa shape index (κ1) is 20.4. The highest BCUT2D eigenvalue weighted by Gasteiger charge is 2.31. The normalized spacial score (nSPS) is 19.1. The van der Waals surface area contributed by atoms with Crippen LogP contribution in [0, 0.1) is 11.8 Å². The lowest BCUT2D eigenvalue weighted by atomic mass is 9.81. The van der Waals surface area contributed by atoms with Gasteiger partial charge in [-0.1, -0.05) is 60.1 Å². The van der Waals surface area contributed by atoms with Crippen molar-refractivity contribution in [3.8, 4) is 0 Å². The van der Waals surface area contributed by atoms with Crippen LogP contribution < -0.4 is 5.32 Å². The maximum atomic E-state index is 12.7. The first-order valence-electron chi connectivity index (χ1n) is 9.84. The van der Waals surface area contributed by atoms with E-state index in [-0.39, 0.29) is 23.7 Å². The van der Waals surface area contributed by atoms with Gasteiger partial charge in [0.1, 0.15) is 0 Å². The average molecular weight is 399 g/mol. The molecule has 1 fully saturated rings. The minimum Gasteiger partial charge on any atom is -0.352 e. The third-order valence-corrected chi connectivity index (χ3v) is 5.87. The third kappa shape index (κ3) is 5.35. The Morgan fingerprint density at radius 2 is 1.57 bits per heavy atom. The largest absolute Gasteiger partial charge is 0.352 e. The van der Waals surface area contributed by atoms with Crippen LogP contribution in [0.25, 0.3) is 0 Å². The highest BCUT2D eigenvalue weighted by Crippen LogP contribution is 2.30. The Bertz CT molecular complexity index is 801. The van der Waals surface area contributed by atoms with Gasteiger partial charge in [0.2, 0.25) is 11.8 Å². The van der Waals surface area contributed by atoms with E-state index in [1.807, 2.05) is 61.6 Å². The minimum absolute atomic E-state index is 0.0151. The molecule has 3 rings (SSSR count). The number of carbonyl (C=O) groups excluding carboxylic acids is 2. The van der Waals surface area contributed by atoms with Crippen molar-refractivity contribution < 1.29 is 9.59 Å². The molecule has 1 saturated carbocycles. The van der Waals surface area contributed by atoms with Crippen LogP contribution in [-0.4, -0.2) is 23.8 Å². The molecule has 5 heteroatoms. The van der Waals surface area contributed by atoms with Crippen molar-refractivity contribution in [1.82, 2.24) is 10.2 Å². The molecule has 1 aliphatic carbocycles. The smallest absolute Gasteiger partial charge is 0.225 e. The van der Waals surface area contributed by atoms with Gasteiger partial charge >= 0.3 is 0 Å². The molecule has 0 saturated heterocycles. The number of carbonyl (C=O) groups is 2. The second-order valence-corrected chi connectivity index (χ2v) is 7.94. The number of nitrogens with zero attached hydrogens (tertiary/aromatic N) is 1. The molecular weight excluding hydrogens is 372 g/mol. The van der Waals surface area contributed by atoms with Gasteiger partial charge in [-0.05, 0) is 42.9 Å². The molecule has 2 aromatic rings. The topological polar surface area (TPSA) is 49.4 Å². The van der Waals surface area contributed by atoms with Crippen LogP contribution in [0.4, 0.5) is 0 Å². The summed E-state index contributed by atoms with van der Waals surface area (Å²) in [6.07, 6.45) is 3.04. The highest BCUT2D eigenvalue weighted by molar-refractivity contribution is 6.31. The molecule has 148 valence electrons. The van der Waals surface area contributed by atoms with Gasteiger partial charge in [0.05, 0.1) is 0 Å². The van der Waals surface area contributed by atoms with Gasteiger partial charge < -0.3 is 10.2 Å². The fourth-order valence-corrected chi connectivity index (χ4v) is 4.02. The fourth-order valence-electron chi connectivity index (χ4n) is 3.82. The van der Waals surface area contributed by atoms with Crippen molar-refractivity contribution in [1.29, 1.82) is 0 Å². The van der Waals surface area contributed by atoms with Crippen molar-refractivity contribution in [2.24, 2.45) is 11.8 Å². The van der Waals surface area contributed by atoms with E-state index in [1.165, 1.54) is 0 Å². The Balaban J connectivity index is 1.45. The van der Waals surface area contributed by atoms with Gasteiger partial charge in [-0.25, -0.2) is 0 Å². The molecule has 1 N–H and O–H groups in total. The molecule has 0 aromatic heterocycles. The summed E-state index contributed by atoms with van der Waals surface area (Å²) >= 11 is 6.14. The molecule has 4 nitrogen and oxygen atoms in total. The molecule has 0 unspecified atom stereocenters. The van der Waals surface area contributed by atoms with Crippen LogP contribution in [0.2, 0.25) is 5.02 Å². The summed E-state index contributed by atoms with van der Waals surface area (Å²) in [6, 6.07) is 17.5. The van der Waals surface area contributed by atoms with E-state index in [1.54, 1.807) is 4.90 Å².